The first kappa shape index (κ1) is 28.2. The van der Waals surface area contributed by atoms with Gasteiger partial charge in [0.05, 0.1) is 22.1 Å². The molecule has 1 aliphatic heterocycles. The highest BCUT2D eigenvalue weighted by molar-refractivity contribution is 6.23. The molecule has 12 rings (SSSR count). The van der Waals surface area contributed by atoms with Crippen molar-refractivity contribution in [3.8, 4) is 27.9 Å². The van der Waals surface area contributed by atoms with Gasteiger partial charge in [0, 0.05) is 11.8 Å². The quantitative estimate of drug-likeness (QED) is 0.169. The highest BCUT2D eigenvalue weighted by Gasteiger charge is 2.59. The minimum absolute atomic E-state index is 0.253. The molecule has 2 nitrogen and oxygen atoms in total. The number of nitrogens with zero attached hydrogens (tertiary/aromatic N) is 2. The highest BCUT2D eigenvalue weighted by Crippen LogP contribution is 2.63. The lowest BCUT2D eigenvalue weighted by atomic mass is 9.67. The molecule has 0 bridgehead atoms. The molecule has 0 saturated carbocycles. The third-order valence-corrected chi connectivity index (χ3v) is 12.2. The van der Waals surface area contributed by atoms with Crippen LogP contribution in [0.1, 0.15) is 28.4 Å². The van der Waals surface area contributed by atoms with Crippen molar-refractivity contribution < 1.29 is 0 Å². The van der Waals surface area contributed by atoms with Gasteiger partial charge in [-0.25, -0.2) is 4.98 Å². The summed E-state index contributed by atoms with van der Waals surface area (Å²) in [6.07, 6.45) is 9.27. The second-order valence-electron chi connectivity index (χ2n) is 14.6. The number of imidazole rings is 1. The first-order chi connectivity index (χ1) is 25.8. The summed E-state index contributed by atoms with van der Waals surface area (Å²) < 4.78 is 2.46. The smallest absolute Gasteiger partial charge is 0.130 e. The van der Waals surface area contributed by atoms with Crippen molar-refractivity contribution in [2.75, 3.05) is 0 Å². The number of para-hydroxylation sites is 1. The Hall–Kier alpha value is -6.51. The van der Waals surface area contributed by atoms with E-state index in [4.69, 9.17) is 4.98 Å². The van der Waals surface area contributed by atoms with Crippen molar-refractivity contribution in [1.82, 2.24) is 9.55 Å². The Balaban J connectivity index is 1.14. The molecule has 0 saturated heterocycles. The molecule has 3 unspecified atom stereocenters. The van der Waals surface area contributed by atoms with Crippen LogP contribution in [0.15, 0.2) is 182 Å². The number of aromatic nitrogens is 2. The molecule has 1 spiro atoms. The molecule has 3 atom stereocenters. The van der Waals surface area contributed by atoms with E-state index >= 15 is 0 Å². The normalized spacial score (nSPS) is 19.5. The molecule has 0 N–H and O–H groups in total. The zero-order chi connectivity index (χ0) is 34.0. The summed E-state index contributed by atoms with van der Waals surface area (Å²) >= 11 is 0. The van der Waals surface area contributed by atoms with Crippen molar-refractivity contribution in [3.63, 3.8) is 0 Å². The standard InChI is InChI=1S/C50H32N2/c1-2-16-33-31(14-1)15-13-23-36(33)48-39-21-5-3-19-37(39)47(38-20-4-6-22-40(38)48)32-28-29-46-44(30-32)51-49-50(43-26-11-12-27-45(43)52(46)49)41-24-9-7-17-34(41)35-18-8-10-25-42(35)50/h1-30,34,41H. The molecule has 1 aromatic heterocycles. The Morgan fingerprint density at radius 2 is 1.15 bits per heavy atom. The maximum Gasteiger partial charge on any atom is 0.130 e. The molecule has 3 aliphatic rings. The molecule has 52 heavy (non-hydrogen) atoms. The number of benzene rings is 8. The fourth-order valence-corrected chi connectivity index (χ4v) is 10.3. The molecular weight excluding hydrogens is 629 g/mol. The van der Waals surface area contributed by atoms with Crippen molar-refractivity contribution in [1.29, 1.82) is 0 Å². The number of rotatable bonds is 2. The monoisotopic (exact) mass is 660 g/mol. The second-order valence-corrected chi connectivity index (χ2v) is 14.6. The molecular formula is C50H32N2. The fraction of sp³-hybridized carbons (Fsp3) is 0.0600. The summed E-state index contributed by atoms with van der Waals surface area (Å²) in [6, 6.07) is 58.4. The van der Waals surface area contributed by atoms with Gasteiger partial charge in [0.25, 0.3) is 0 Å². The topological polar surface area (TPSA) is 17.8 Å². The van der Waals surface area contributed by atoms with Gasteiger partial charge in [-0.05, 0) is 89.5 Å². The molecule has 0 fully saturated rings. The summed E-state index contributed by atoms with van der Waals surface area (Å²) in [4.78, 5) is 5.68. The Kier molecular flexibility index (Phi) is 5.58. The molecule has 9 aromatic rings. The van der Waals surface area contributed by atoms with Gasteiger partial charge in [-0.3, -0.25) is 4.57 Å². The van der Waals surface area contributed by atoms with E-state index in [1.807, 2.05) is 0 Å². The second kappa shape index (κ2) is 10.3. The van der Waals surface area contributed by atoms with Crippen LogP contribution in [0.4, 0.5) is 0 Å². The summed E-state index contributed by atoms with van der Waals surface area (Å²) in [5, 5.41) is 7.56. The van der Waals surface area contributed by atoms with E-state index in [-0.39, 0.29) is 11.3 Å². The number of hydrogen-bond acceptors (Lipinski definition) is 1. The first-order valence-electron chi connectivity index (χ1n) is 18.3. The lowest BCUT2D eigenvalue weighted by Crippen LogP contribution is -2.33. The fourth-order valence-electron chi connectivity index (χ4n) is 10.3. The minimum Gasteiger partial charge on any atom is -0.295 e. The maximum absolute atomic E-state index is 5.68. The van der Waals surface area contributed by atoms with E-state index in [1.165, 1.54) is 76.9 Å². The average Bonchev–Trinajstić information content (AvgIpc) is 3.83. The van der Waals surface area contributed by atoms with E-state index in [0.29, 0.717) is 5.92 Å². The van der Waals surface area contributed by atoms with Crippen LogP contribution in [-0.2, 0) is 5.41 Å². The van der Waals surface area contributed by atoms with Crippen LogP contribution in [0, 0.1) is 5.92 Å². The first-order valence-corrected chi connectivity index (χ1v) is 18.3. The number of allylic oxidation sites excluding steroid dienone is 4. The third kappa shape index (κ3) is 3.47. The molecule has 2 heteroatoms. The van der Waals surface area contributed by atoms with Crippen molar-refractivity contribution in [3.05, 3.63) is 205 Å². The highest BCUT2D eigenvalue weighted by atomic mass is 15.1. The predicted octanol–water partition coefficient (Wildman–Crippen LogP) is 12.3. The van der Waals surface area contributed by atoms with Gasteiger partial charge >= 0.3 is 0 Å². The largest absolute Gasteiger partial charge is 0.295 e. The van der Waals surface area contributed by atoms with Gasteiger partial charge in [0.1, 0.15) is 5.82 Å². The third-order valence-electron chi connectivity index (χ3n) is 12.2. The lowest BCUT2D eigenvalue weighted by Gasteiger charge is -2.33. The van der Waals surface area contributed by atoms with Crippen LogP contribution in [-0.4, -0.2) is 9.55 Å². The number of hydrogen-bond donors (Lipinski definition) is 0. The van der Waals surface area contributed by atoms with E-state index in [9.17, 15) is 0 Å². The van der Waals surface area contributed by atoms with Crippen molar-refractivity contribution in [2.45, 2.75) is 11.3 Å². The minimum atomic E-state index is -0.363. The molecule has 2 heterocycles. The summed E-state index contributed by atoms with van der Waals surface area (Å²) in [7, 11) is 0. The van der Waals surface area contributed by atoms with Crippen LogP contribution in [0.3, 0.4) is 0 Å². The lowest BCUT2D eigenvalue weighted by molar-refractivity contribution is 0.449. The Bertz CT molecular complexity index is 2990. The van der Waals surface area contributed by atoms with Gasteiger partial charge in [-0.15, -0.1) is 0 Å². The van der Waals surface area contributed by atoms with Crippen molar-refractivity contribution >= 4 is 43.4 Å². The van der Waals surface area contributed by atoms with Gasteiger partial charge in [-0.2, -0.15) is 0 Å². The molecule has 2 aliphatic carbocycles. The van der Waals surface area contributed by atoms with Crippen LogP contribution < -0.4 is 0 Å². The van der Waals surface area contributed by atoms with E-state index in [1.54, 1.807) is 0 Å². The van der Waals surface area contributed by atoms with Gasteiger partial charge < -0.3 is 0 Å². The molecule has 8 aromatic carbocycles. The summed E-state index contributed by atoms with van der Waals surface area (Å²) in [6.45, 7) is 0. The Labute approximate surface area is 301 Å². The molecule has 0 amide bonds. The average molecular weight is 661 g/mol. The van der Waals surface area contributed by atoms with Crippen LogP contribution in [0.5, 0.6) is 0 Å². The van der Waals surface area contributed by atoms with E-state index in [0.717, 1.165) is 16.9 Å². The zero-order valence-corrected chi connectivity index (χ0v) is 28.4. The Morgan fingerprint density at radius 1 is 0.519 bits per heavy atom. The van der Waals surface area contributed by atoms with Crippen LogP contribution in [0.2, 0.25) is 0 Å². The van der Waals surface area contributed by atoms with Crippen LogP contribution in [0.25, 0.3) is 71.3 Å². The number of fused-ring (bicyclic) bond motifs is 15. The predicted molar refractivity (Wildman–Crippen MR) is 215 cm³/mol. The maximum atomic E-state index is 5.68. The van der Waals surface area contributed by atoms with Gasteiger partial charge in [0.15, 0.2) is 0 Å². The van der Waals surface area contributed by atoms with E-state index in [2.05, 4.69) is 187 Å². The van der Waals surface area contributed by atoms with Gasteiger partial charge in [0.2, 0.25) is 0 Å². The Morgan fingerprint density at radius 3 is 1.96 bits per heavy atom. The van der Waals surface area contributed by atoms with E-state index < -0.39 is 0 Å². The summed E-state index contributed by atoms with van der Waals surface area (Å²) in [5.74, 6) is 1.69. The van der Waals surface area contributed by atoms with Gasteiger partial charge in [-0.1, -0.05) is 164 Å². The SMILES string of the molecule is C1=CC2c3ccccc3C3(c4ccccc4-n4c3nc3cc(-c5c6ccccc6c(-c6cccc7ccccc67)c6ccccc56)ccc34)C2C=C1. The summed E-state index contributed by atoms with van der Waals surface area (Å²) in [5.41, 5.74) is 12.2. The van der Waals surface area contributed by atoms with Crippen LogP contribution >= 0.6 is 0 Å². The zero-order valence-electron chi connectivity index (χ0n) is 28.4. The van der Waals surface area contributed by atoms with Crippen molar-refractivity contribution in [2.24, 2.45) is 5.92 Å². The molecule has 0 radical (unpaired) electrons. The molecule has 242 valence electrons.